The summed E-state index contributed by atoms with van der Waals surface area (Å²) in [4.78, 5) is 38.2. The summed E-state index contributed by atoms with van der Waals surface area (Å²) in [5, 5.41) is 10.9. The number of nitrogens with one attached hydrogen (secondary N) is 2. The molecule has 4 aromatic heterocycles. The molecule has 0 radical (unpaired) electrons. The number of rotatable bonds is 14. The minimum atomic E-state index is -0.932. The van der Waals surface area contributed by atoms with E-state index in [0.29, 0.717) is 22.3 Å². The summed E-state index contributed by atoms with van der Waals surface area (Å²) in [7, 11) is 0. The third-order valence-electron chi connectivity index (χ3n) is 8.15. The van der Waals surface area contributed by atoms with Gasteiger partial charge in [0.1, 0.15) is 4.88 Å². The fourth-order valence-electron chi connectivity index (χ4n) is 5.63. The van der Waals surface area contributed by atoms with Gasteiger partial charge in [0.25, 0.3) is 0 Å². The molecule has 49 heavy (non-hydrogen) atoms. The van der Waals surface area contributed by atoms with Crippen LogP contribution >= 0.6 is 54.5 Å². The number of thiazole rings is 2. The minimum absolute atomic E-state index is 0.208. The highest BCUT2D eigenvalue weighted by Gasteiger charge is 2.19. The standard InChI is InChI=1S/C19H21BrN2OS.C14H20N2.C4H2BrNO2S/c1-2-3-6-13(10-17(23)18-12-22-19(20)24-18)9-14-11-21-16-8-5-4-7-15(14)16;1-2-3-6-12(15)9-11-10-16-14-8-5-4-7-13(11)14;5-4-6-1-2(9-4)3(7)8/h4-5,7-8,11-13,21H,2-3,6,9-10H2,1H3;4-5,7-8,10,12,16H,2-3,6,9,15H2,1H3;1H,(H,7,8). The molecule has 0 saturated heterocycles. The number of nitrogens with two attached hydrogens (primary N) is 1. The predicted octanol–water partition coefficient (Wildman–Crippen LogP) is 10.8. The van der Waals surface area contributed by atoms with Gasteiger partial charge in [0.15, 0.2) is 13.6 Å². The van der Waals surface area contributed by atoms with E-state index < -0.39 is 5.97 Å². The van der Waals surface area contributed by atoms with E-state index in [9.17, 15) is 9.59 Å². The number of carbonyl (C=O) groups is 2. The predicted molar refractivity (Wildman–Crippen MR) is 210 cm³/mol. The summed E-state index contributed by atoms with van der Waals surface area (Å²) in [6, 6.07) is 17.1. The van der Waals surface area contributed by atoms with Gasteiger partial charge in [-0.1, -0.05) is 75.9 Å². The Kier molecular flexibility index (Phi) is 15.7. The highest BCUT2D eigenvalue weighted by molar-refractivity contribution is 9.11. The molecule has 5 N–H and O–H groups in total. The summed E-state index contributed by atoms with van der Waals surface area (Å²) in [5.74, 6) is -0.352. The first-order valence-electron chi connectivity index (χ1n) is 16.5. The van der Waals surface area contributed by atoms with Gasteiger partial charge in [-0.25, -0.2) is 14.8 Å². The molecule has 6 rings (SSSR count). The third kappa shape index (κ3) is 12.0. The number of carbonyl (C=O) groups excluding carboxylic acids is 1. The van der Waals surface area contributed by atoms with Crippen LogP contribution in [-0.2, 0) is 12.8 Å². The SMILES string of the molecule is CCCCC(CC(=O)c1cnc(Br)s1)Cc1c[nH]c2ccccc12.CCCCC(N)Cc1c[nH]c2ccccc12.O=C(O)c1cnc(Br)s1. The first-order chi connectivity index (χ1) is 23.7. The number of para-hydroxylation sites is 2. The van der Waals surface area contributed by atoms with Crippen molar-refractivity contribution in [2.75, 3.05) is 0 Å². The lowest BCUT2D eigenvalue weighted by Gasteiger charge is -2.15. The molecule has 0 aliphatic carbocycles. The van der Waals surface area contributed by atoms with Crippen molar-refractivity contribution in [2.45, 2.75) is 77.7 Å². The van der Waals surface area contributed by atoms with Crippen LogP contribution in [0.4, 0.5) is 0 Å². The fraction of sp³-hybridized carbons (Fsp3) is 0.351. The first kappa shape index (κ1) is 38.6. The highest BCUT2D eigenvalue weighted by atomic mass is 79.9. The minimum Gasteiger partial charge on any atom is -0.477 e. The van der Waals surface area contributed by atoms with Crippen molar-refractivity contribution < 1.29 is 14.7 Å². The molecule has 260 valence electrons. The number of nitrogens with zero attached hydrogens (tertiary/aromatic N) is 2. The molecule has 2 unspecified atom stereocenters. The van der Waals surface area contributed by atoms with Crippen molar-refractivity contribution in [3.8, 4) is 0 Å². The van der Waals surface area contributed by atoms with Gasteiger partial charge in [-0.15, -0.1) is 22.7 Å². The number of benzene rings is 2. The smallest absolute Gasteiger partial charge is 0.347 e. The van der Waals surface area contributed by atoms with Gasteiger partial charge in [-0.2, -0.15) is 0 Å². The Labute approximate surface area is 312 Å². The Morgan fingerprint density at radius 1 is 0.796 bits per heavy atom. The maximum Gasteiger partial charge on any atom is 0.347 e. The number of aromatic nitrogens is 4. The number of Topliss-reactive ketones (excluding diaryl/α,β-unsaturated/α-hetero) is 1. The van der Waals surface area contributed by atoms with Gasteiger partial charge in [0.2, 0.25) is 0 Å². The number of carboxylic acid groups (broad SMARTS) is 1. The molecule has 0 aliphatic heterocycles. The molecule has 0 saturated carbocycles. The van der Waals surface area contributed by atoms with Crippen molar-refractivity contribution in [1.82, 2.24) is 19.9 Å². The third-order valence-corrected chi connectivity index (χ3v) is 11.1. The zero-order chi connectivity index (χ0) is 35.2. The number of hydrogen-bond donors (Lipinski definition) is 4. The molecule has 4 heterocycles. The lowest BCUT2D eigenvalue weighted by atomic mass is 9.89. The zero-order valence-electron chi connectivity index (χ0n) is 27.8. The molecule has 2 atom stereocenters. The van der Waals surface area contributed by atoms with E-state index in [4.69, 9.17) is 10.8 Å². The molecule has 6 aromatic rings. The van der Waals surface area contributed by atoms with Crippen molar-refractivity contribution >= 4 is 88.1 Å². The van der Waals surface area contributed by atoms with Crippen LogP contribution in [0.1, 0.15) is 89.3 Å². The Morgan fingerprint density at radius 3 is 1.80 bits per heavy atom. The number of aromatic carboxylic acids is 1. The topological polar surface area (TPSA) is 138 Å². The summed E-state index contributed by atoms with van der Waals surface area (Å²) in [6.45, 7) is 4.41. The van der Waals surface area contributed by atoms with Gasteiger partial charge >= 0.3 is 5.97 Å². The van der Waals surface area contributed by atoms with Crippen molar-refractivity contribution in [3.05, 3.63) is 102 Å². The van der Waals surface area contributed by atoms with Gasteiger partial charge in [0.05, 0.1) is 17.3 Å². The molecule has 0 fully saturated rings. The van der Waals surface area contributed by atoms with Gasteiger partial charge in [-0.3, -0.25) is 4.79 Å². The van der Waals surface area contributed by atoms with Gasteiger partial charge in [-0.05, 0) is 86.7 Å². The number of carboxylic acids is 1. The van der Waals surface area contributed by atoms with E-state index >= 15 is 0 Å². The normalized spacial score (nSPS) is 12.2. The maximum atomic E-state index is 12.6. The average Bonchev–Trinajstić information content (AvgIpc) is 3.91. The number of ketones is 1. The Bertz CT molecular complexity index is 1910. The fourth-order valence-corrected chi connectivity index (χ4v) is 7.95. The average molecular weight is 830 g/mol. The molecule has 8 nitrogen and oxygen atoms in total. The summed E-state index contributed by atoms with van der Waals surface area (Å²) in [6.07, 6.45) is 16.7. The number of aromatic amines is 2. The van der Waals surface area contributed by atoms with Crippen LogP contribution in [-0.4, -0.2) is 42.8 Å². The lowest BCUT2D eigenvalue weighted by molar-refractivity contribution is 0.0701. The van der Waals surface area contributed by atoms with E-state index in [1.165, 1.54) is 63.3 Å². The summed E-state index contributed by atoms with van der Waals surface area (Å²) in [5.41, 5.74) is 11.2. The Morgan fingerprint density at radius 2 is 1.31 bits per heavy atom. The molecule has 0 spiro atoms. The molecule has 2 aromatic carbocycles. The van der Waals surface area contributed by atoms with Crippen LogP contribution in [0.5, 0.6) is 0 Å². The Hall–Kier alpha value is -3.16. The molecular formula is C37H43Br2N5O3S2. The lowest BCUT2D eigenvalue weighted by Crippen LogP contribution is -2.22. The second kappa shape index (κ2) is 19.9. The second-order valence-corrected chi connectivity index (χ2v) is 16.5. The van der Waals surface area contributed by atoms with Crippen molar-refractivity contribution in [1.29, 1.82) is 0 Å². The number of hydrogen-bond acceptors (Lipinski definition) is 7. The van der Waals surface area contributed by atoms with Crippen LogP contribution in [0.15, 0.2) is 81.2 Å². The van der Waals surface area contributed by atoms with E-state index in [0.717, 1.165) is 58.7 Å². The van der Waals surface area contributed by atoms with Gasteiger partial charge < -0.3 is 20.8 Å². The maximum absolute atomic E-state index is 12.6. The molecule has 0 bridgehead atoms. The number of fused-ring (bicyclic) bond motifs is 2. The van der Waals surface area contributed by atoms with Crippen molar-refractivity contribution in [2.24, 2.45) is 11.7 Å². The largest absolute Gasteiger partial charge is 0.477 e. The summed E-state index contributed by atoms with van der Waals surface area (Å²) < 4.78 is 1.37. The second-order valence-electron chi connectivity index (χ2n) is 11.9. The van der Waals surface area contributed by atoms with E-state index in [-0.39, 0.29) is 10.7 Å². The van der Waals surface area contributed by atoms with Crippen LogP contribution < -0.4 is 5.73 Å². The van der Waals surface area contributed by atoms with Crippen LogP contribution in [0, 0.1) is 5.92 Å². The monoisotopic (exact) mass is 827 g/mol. The number of halogens is 2. The van der Waals surface area contributed by atoms with Crippen molar-refractivity contribution in [3.63, 3.8) is 0 Å². The first-order valence-corrected chi connectivity index (χ1v) is 19.7. The van der Waals surface area contributed by atoms with Crippen LogP contribution in [0.2, 0.25) is 0 Å². The number of unbranched alkanes of at least 4 members (excludes halogenated alkanes) is 2. The number of H-pyrrole nitrogens is 2. The molecule has 12 heteroatoms. The zero-order valence-corrected chi connectivity index (χ0v) is 32.6. The van der Waals surface area contributed by atoms with E-state index in [2.05, 4.69) is 121 Å². The van der Waals surface area contributed by atoms with E-state index in [1.807, 2.05) is 6.07 Å². The van der Waals surface area contributed by atoms with Gasteiger partial charge in [0, 0.05) is 46.7 Å². The highest BCUT2D eigenvalue weighted by Crippen LogP contribution is 2.28. The quantitative estimate of drug-likeness (QED) is 0.0807. The van der Waals surface area contributed by atoms with E-state index in [1.54, 1.807) is 6.20 Å². The molecule has 0 amide bonds. The molecule has 0 aliphatic rings. The van der Waals surface area contributed by atoms with Crippen LogP contribution in [0.3, 0.4) is 0 Å². The molecular weight excluding hydrogens is 786 g/mol. The van der Waals surface area contributed by atoms with Crippen LogP contribution in [0.25, 0.3) is 21.8 Å². The summed E-state index contributed by atoms with van der Waals surface area (Å²) >= 11 is 8.90. The Balaban J connectivity index is 0.000000185.